The van der Waals surface area contributed by atoms with E-state index in [1.807, 2.05) is 60.9 Å². The fourth-order valence-corrected chi connectivity index (χ4v) is 2.51. The molecule has 0 aliphatic carbocycles. The van der Waals surface area contributed by atoms with Crippen LogP contribution in [0.15, 0.2) is 48.8 Å². The maximum atomic E-state index is 12.2. The Hall–Kier alpha value is -2.82. The summed E-state index contributed by atoms with van der Waals surface area (Å²) in [5.41, 5.74) is 3.38. The van der Waals surface area contributed by atoms with Gasteiger partial charge in [0.25, 0.3) is 5.91 Å². The minimum Gasteiger partial charge on any atom is -0.497 e. The van der Waals surface area contributed by atoms with Gasteiger partial charge in [0.1, 0.15) is 12.1 Å². The highest BCUT2D eigenvalue weighted by atomic mass is 16.5. The number of amides is 1. The van der Waals surface area contributed by atoms with Crippen molar-refractivity contribution in [2.75, 3.05) is 7.11 Å². The third-order valence-corrected chi connectivity index (χ3v) is 4.15. The smallest absolute Gasteiger partial charge is 0.251 e. The topological polar surface area (TPSA) is 56.2 Å². The summed E-state index contributed by atoms with van der Waals surface area (Å²) in [7, 11) is 1.65. The number of nitrogens with one attached hydrogen (secondary N) is 1. The minimum absolute atomic E-state index is 0.0646. The maximum Gasteiger partial charge on any atom is 0.251 e. The van der Waals surface area contributed by atoms with Gasteiger partial charge in [0.2, 0.25) is 0 Å². The van der Waals surface area contributed by atoms with E-state index in [0.29, 0.717) is 5.56 Å². The number of methoxy groups -OCH3 is 1. The number of hydrogen-bond donors (Lipinski definition) is 1. The van der Waals surface area contributed by atoms with Crippen LogP contribution in [0, 0.1) is 0 Å². The van der Waals surface area contributed by atoms with Crippen molar-refractivity contribution in [3.63, 3.8) is 0 Å². The number of fused-ring (bicyclic) bond motifs is 1. The van der Waals surface area contributed by atoms with Gasteiger partial charge in [-0.25, -0.2) is 4.98 Å². The minimum atomic E-state index is -0.0646. The summed E-state index contributed by atoms with van der Waals surface area (Å²) in [5, 5.41) is 2.97. The van der Waals surface area contributed by atoms with E-state index in [-0.39, 0.29) is 11.9 Å². The molecule has 1 amide bonds. The summed E-state index contributed by atoms with van der Waals surface area (Å²) in [6.07, 6.45) is 2.67. The monoisotopic (exact) mass is 323 g/mol. The number of hydrogen-bond acceptors (Lipinski definition) is 3. The number of aromatic nitrogens is 2. The standard InChI is InChI=1S/C19H21N3O2/c1-4-13(2)21-19(23)14-5-10-18-17(11-14)20-12-22(18)15-6-8-16(24-3)9-7-15/h5-13H,4H2,1-3H3,(H,21,23)/t13-/m1/s1. The zero-order valence-electron chi connectivity index (χ0n) is 14.1. The van der Waals surface area contributed by atoms with Crippen LogP contribution in [0.25, 0.3) is 16.7 Å². The van der Waals surface area contributed by atoms with Crippen LogP contribution in [0.4, 0.5) is 0 Å². The average Bonchev–Trinajstić information content (AvgIpc) is 3.04. The van der Waals surface area contributed by atoms with Crippen LogP contribution in [0.1, 0.15) is 30.6 Å². The number of carbonyl (C=O) groups is 1. The van der Waals surface area contributed by atoms with Crippen molar-refractivity contribution >= 4 is 16.9 Å². The molecule has 3 rings (SSSR count). The zero-order chi connectivity index (χ0) is 17.1. The lowest BCUT2D eigenvalue weighted by atomic mass is 10.1. The summed E-state index contributed by atoms with van der Waals surface area (Å²) in [4.78, 5) is 16.7. The Morgan fingerprint density at radius 1 is 1.25 bits per heavy atom. The van der Waals surface area contributed by atoms with E-state index in [4.69, 9.17) is 4.74 Å². The van der Waals surface area contributed by atoms with Gasteiger partial charge in [-0.3, -0.25) is 9.36 Å². The van der Waals surface area contributed by atoms with Crippen molar-refractivity contribution in [3.8, 4) is 11.4 Å². The summed E-state index contributed by atoms with van der Waals surface area (Å²) < 4.78 is 7.18. The number of carbonyl (C=O) groups excluding carboxylic acids is 1. The number of benzene rings is 2. The molecule has 0 unspecified atom stereocenters. The van der Waals surface area contributed by atoms with Gasteiger partial charge in [0.15, 0.2) is 0 Å². The highest BCUT2D eigenvalue weighted by Gasteiger charge is 2.11. The van der Waals surface area contributed by atoms with Crippen molar-refractivity contribution in [2.24, 2.45) is 0 Å². The third kappa shape index (κ3) is 3.11. The fourth-order valence-electron chi connectivity index (χ4n) is 2.51. The molecule has 1 heterocycles. The van der Waals surface area contributed by atoms with E-state index in [2.05, 4.69) is 10.3 Å². The van der Waals surface area contributed by atoms with Gasteiger partial charge in [-0.2, -0.15) is 0 Å². The van der Waals surface area contributed by atoms with E-state index in [1.165, 1.54) is 0 Å². The molecule has 0 aliphatic rings. The van der Waals surface area contributed by atoms with Crippen LogP contribution in [0.2, 0.25) is 0 Å². The number of rotatable bonds is 5. The highest BCUT2D eigenvalue weighted by Crippen LogP contribution is 2.21. The van der Waals surface area contributed by atoms with Crippen molar-refractivity contribution in [3.05, 3.63) is 54.4 Å². The van der Waals surface area contributed by atoms with Crippen LogP contribution >= 0.6 is 0 Å². The molecule has 5 nitrogen and oxygen atoms in total. The van der Waals surface area contributed by atoms with Crippen LogP contribution < -0.4 is 10.1 Å². The van der Waals surface area contributed by atoms with Gasteiger partial charge in [0, 0.05) is 17.3 Å². The molecule has 0 bridgehead atoms. The summed E-state index contributed by atoms with van der Waals surface area (Å²) >= 11 is 0. The molecule has 0 saturated carbocycles. The summed E-state index contributed by atoms with van der Waals surface area (Å²) in [6, 6.07) is 13.5. The van der Waals surface area contributed by atoms with Gasteiger partial charge in [-0.05, 0) is 55.8 Å². The molecule has 0 spiro atoms. The molecular formula is C19H21N3O2. The van der Waals surface area contributed by atoms with Crippen LogP contribution in [0.5, 0.6) is 5.75 Å². The second-order valence-electron chi connectivity index (χ2n) is 5.80. The molecule has 124 valence electrons. The molecule has 1 atom stereocenters. The predicted molar refractivity (Wildman–Crippen MR) is 94.8 cm³/mol. The summed E-state index contributed by atoms with van der Waals surface area (Å²) in [5.74, 6) is 0.748. The Labute approximate surface area is 141 Å². The summed E-state index contributed by atoms with van der Waals surface area (Å²) in [6.45, 7) is 4.04. The van der Waals surface area contributed by atoms with Crippen LogP contribution in [-0.4, -0.2) is 28.6 Å². The largest absolute Gasteiger partial charge is 0.497 e. The Kier molecular flexibility index (Phi) is 4.51. The van der Waals surface area contributed by atoms with Crippen molar-refractivity contribution in [1.82, 2.24) is 14.9 Å². The second kappa shape index (κ2) is 6.74. The molecule has 0 aliphatic heterocycles. The van der Waals surface area contributed by atoms with Gasteiger partial charge in [-0.15, -0.1) is 0 Å². The van der Waals surface area contributed by atoms with Crippen LogP contribution in [-0.2, 0) is 0 Å². The number of imidazole rings is 1. The molecule has 1 N–H and O–H groups in total. The lowest BCUT2D eigenvalue weighted by Crippen LogP contribution is -2.31. The van der Waals surface area contributed by atoms with Crippen molar-refractivity contribution in [1.29, 1.82) is 0 Å². The molecule has 1 aromatic heterocycles. The number of ether oxygens (including phenoxy) is 1. The quantitative estimate of drug-likeness (QED) is 0.781. The van der Waals surface area contributed by atoms with Gasteiger partial charge >= 0.3 is 0 Å². The molecule has 0 saturated heterocycles. The van der Waals surface area contributed by atoms with Gasteiger partial charge in [0.05, 0.1) is 18.1 Å². The Morgan fingerprint density at radius 2 is 2.00 bits per heavy atom. The van der Waals surface area contributed by atoms with Gasteiger partial charge in [-0.1, -0.05) is 6.92 Å². The molecule has 0 radical (unpaired) electrons. The maximum absolute atomic E-state index is 12.2. The van der Waals surface area contributed by atoms with E-state index >= 15 is 0 Å². The van der Waals surface area contributed by atoms with Gasteiger partial charge < -0.3 is 10.1 Å². The van der Waals surface area contributed by atoms with Crippen molar-refractivity contribution < 1.29 is 9.53 Å². The SMILES string of the molecule is CC[C@@H](C)NC(=O)c1ccc2c(c1)ncn2-c1ccc(OC)cc1. The predicted octanol–water partition coefficient (Wildman–Crippen LogP) is 3.56. The number of nitrogens with zero attached hydrogens (tertiary/aromatic N) is 2. The van der Waals surface area contributed by atoms with E-state index in [9.17, 15) is 4.79 Å². The highest BCUT2D eigenvalue weighted by molar-refractivity contribution is 5.97. The molecule has 24 heavy (non-hydrogen) atoms. The molecule has 3 aromatic rings. The van der Waals surface area contributed by atoms with E-state index in [0.717, 1.165) is 28.9 Å². The fraction of sp³-hybridized carbons (Fsp3) is 0.263. The van der Waals surface area contributed by atoms with E-state index in [1.54, 1.807) is 13.4 Å². The molecule has 5 heteroatoms. The molecule has 0 fully saturated rings. The zero-order valence-corrected chi connectivity index (χ0v) is 14.1. The Balaban J connectivity index is 1.91. The third-order valence-electron chi connectivity index (χ3n) is 4.15. The average molecular weight is 323 g/mol. The van der Waals surface area contributed by atoms with E-state index < -0.39 is 0 Å². The Bertz CT molecular complexity index is 853. The second-order valence-corrected chi connectivity index (χ2v) is 5.80. The van der Waals surface area contributed by atoms with Crippen molar-refractivity contribution in [2.45, 2.75) is 26.3 Å². The normalized spacial score (nSPS) is 12.1. The first-order valence-corrected chi connectivity index (χ1v) is 8.04. The first-order chi connectivity index (χ1) is 11.6. The lowest BCUT2D eigenvalue weighted by Gasteiger charge is -2.11. The van der Waals surface area contributed by atoms with Crippen LogP contribution in [0.3, 0.4) is 0 Å². The first-order valence-electron chi connectivity index (χ1n) is 8.04. The lowest BCUT2D eigenvalue weighted by molar-refractivity contribution is 0.0939. The Morgan fingerprint density at radius 3 is 2.67 bits per heavy atom. The first kappa shape index (κ1) is 16.1. The molecular weight excluding hydrogens is 302 g/mol. The molecule has 2 aromatic carbocycles.